The first kappa shape index (κ1) is 14.7. The van der Waals surface area contributed by atoms with Gasteiger partial charge in [-0.2, -0.15) is 0 Å². The van der Waals surface area contributed by atoms with Crippen molar-refractivity contribution in [3.05, 3.63) is 35.7 Å². The van der Waals surface area contributed by atoms with Crippen LogP contribution >= 0.6 is 0 Å². The van der Waals surface area contributed by atoms with Crippen molar-refractivity contribution in [1.29, 1.82) is 0 Å². The highest BCUT2D eigenvalue weighted by molar-refractivity contribution is 5.60. The predicted molar refractivity (Wildman–Crippen MR) is 78.4 cm³/mol. The summed E-state index contributed by atoms with van der Waals surface area (Å²) in [5, 5.41) is 6.64. The van der Waals surface area contributed by atoms with Gasteiger partial charge in [0.05, 0.1) is 11.4 Å². The maximum Gasteiger partial charge on any atom is 0.0860 e. The van der Waals surface area contributed by atoms with Crippen molar-refractivity contribution in [2.75, 3.05) is 13.6 Å². The molecule has 0 saturated heterocycles. The van der Waals surface area contributed by atoms with Crippen LogP contribution in [0.5, 0.6) is 0 Å². The maximum atomic E-state index is 4.66. The standard InChI is InChI=1S/C15H25N3/c1-6-13(16-5)14-9-7-8-12(18-14)10-11-17-15(2,3)4/h6-9,16-17H,10-11H2,1-5H3/b13-6-. The molecule has 2 N–H and O–H groups in total. The predicted octanol–water partition coefficient (Wildman–Crippen LogP) is 2.59. The van der Waals surface area contributed by atoms with E-state index in [-0.39, 0.29) is 5.54 Å². The third-order valence-corrected chi connectivity index (χ3v) is 2.68. The molecule has 0 unspecified atom stereocenters. The summed E-state index contributed by atoms with van der Waals surface area (Å²) in [5.41, 5.74) is 3.37. The van der Waals surface area contributed by atoms with E-state index < -0.39 is 0 Å². The normalized spacial score (nSPS) is 12.6. The van der Waals surface area contributed by atoms with Gasteiger partial charge in [-0.3, -0.25) is 4.98 Å². The molecule has 1 rings (SSSR count). The Hall–Kier alpha value is -1.35. The zero-order chi connectivity index (χ0) is 13.6. The van der Waals surface area contributed by atoms with Crippen LogP contribution in [0.4, 0.5) is 0 Å². The minimum Gasteiger partial charge on any atom is -0.387 e. The van der Waals surface area contributed by atoms with E-state index in [2.05, 4.69) is 48.5 Å². The van der Waals surface area contributed by atoms with E-state index in [0.717, 1.165) is 30.1 Å². The molecule has 0 saturated carbocycles. The Bertz CT molecular complexity index is 402. The minimum atomic E-state index is 0.164. The molecule has 0 amide bonds. The molecule has 0 aliphatic carbocycles. The number of nitrogens with one attached hydrogen (secondary N) is 2. The molecule has 1 aromatic rings. The second-order valence-electron chi connectivity index (χ2n) is 5.39. The van der Waals surface area contributed by atoms with E-state index in [4.69, 9.17) is 0 Å². The number of aromatic nitrogens is 1. The van der Waals surface area contributed by atoms with E-state index in [1.54, 1.807) is 0 Å². The minimum absolute atomic E-state index is 0.164. The number of nitrogens with zero attached hydrogens (tertiary/aromatic N) is 1. The van der Waals surface area contributed by atoms with E-state index in [9.17, 15) is 0 Å². The van der Waals surface area contributed by atoms with Gasteiger partial charge in [-0.25, -0.2) is 0 Å². The van der Waals surface area contributed by atoms with E-state index in [1.165, 1.54) is 0 Å². The molecule has 0 aromatic carbocycles. The van der Waals surface area contributed by atoms with Crippen LogP contribution in [-0.2, 0) is 6.42 Å². The zero-order valence-corrected chi connectivity index (χ0v) is 12.2. The third-order valence-electron chi connectivity index (χ3n) is 2.68. The second-order valence-corrected chi connectivity index (χ2v) is 5.39. The van der Waals surface area contributed by atoms with Crippen LogP contribution in [0, 0.1) is 0 Å². The van der Waals surface area contributed by atoms with Gasteiger partial charge in [0.15, 0.2) is 0 Å². The van der Waals surface area contributed by atoms with Crippen molar-refractivity contribution >= 4 is 5.70 Å². The Kier molecular flexibility index (Phi) is 5.35. The lowest BCUT2D eigenvalue weighted by Gasteiger charge is -2.20. The van der Waals surface area contributed by atoms with Crippen LogP contribution < -0.4 is 10.6 Å². The van der Waals surface area contributed by atoms with Crippen molar-refractivity contribution in [2.24, 2.45) is 0 Å². The third kappa shape index (κ3) is 4.88. The fourth-order valence-corrected chi connectivity index (χ4v) is 1.75. The molecule has 0 radical (unpaired) electrons. The zero-order valence-electron chi connectivity index (χ0n) is 12.2. The molecule has 1 aromatic heterocycles. The molecule has 0 fully saturated rings. The Labute approximate surface area is 111 Å². The average molecular weight is 247 g/mol. The van der Waals surface area contributed by atoms with Crippen molar-refractivity contribution in [1.82, 2.24) is 15.6 Å². The number of rotatable bonds is 5. The summed E-state index contributed by atoms with van der Waals surface area (Å²) in [6, 6.07) is 6.18. The van der Waals surface area contributed by atoms with Crippen LogP contribution in [0.3, 0.4) is 0 Å². The van der Waals surface area contributed by atoms with Gasteiger partial charge in [0.1, 0.15) is 0 Å². The molecule has 3 nitrogen and oxygen atoms in total. The molecule has 0 spiro atoms. The lowest BCUT2D eigenvalue weighted by molar-refractivity contribution is 0.428. The van der Waals surface area contributed by atoms with E-state index >= 15 is 0 Å². The Morgan fingerprint density at radius 2 is 2.06 bits per heavy atom. The van der Waals surface area contributed by atoms with E-state index in [0.29, 0.717) is 0 Å². The van der Waals surface area contributed by atoms with Crippen molar-refractivity contribution in [3.8, 4) is 0 Å². The lowest BCUT2D eigenvalue weighted by atomic mass is 10.1. The van der Waals surface area contributed by atoms with Crippen LogP contribution in [-0.4, -0.2) is 24.1 Å². The average Bonchev–Trinajstić information content (AvgIpc) is 2.29. The summed E-state index contributed by atoms with van der Waals surface area (Å²) in [5.74, 6) is 0. The number of hydrogen-bond acceptors (Lipinski definition) is 3. The summed E-state index contributed by atoms with van der Waals surface area (Å²) < 4.78 is 0. The van der Waals surface area contributed by atoms with Crippen molar-refractivity contribution in [2.45, 2.75) is 39.7 Å². The monoisotopic (exact) mass is 247 g/mol. The number of pyridine rings is 1. The highest BCUT2D eigenvalue weighted by Gasteiger charge is 2.08. The molecule has 0 bridgehead atoms. The number of hydrogen-bond donors (Lipinski definition) is 2. The Morgan fingerprint density at radius 1 is 1.33 bits per heavy atom. The molecule has 1 heterocycles. The van der Waals surface area contributed by atoms with Gasteiger partial charge in [-0.15, -0.1) is 0 Å². The smallest absolute Gasteiger partial charge is 0.0860 e. The maximum absolute atomic E-state index is 4.66. The van der Waals surface area contributed by atoms with Gasteiger partial charge < -0.3 is 10.6 Å². The fraction of sp³-hybridized carbons (Fsp3) is 0.533. The first-order valence-electron chi connectivity index (χ1n) is 6.51. The Morgan fingerprint density at radius 3 is 2.61 bits per heavy atom. The number of allylic oxidation sites excluding steroid dienone is 1. The molecule has 18 heavy (non-hydrogen) atoms. The van der Waals surface area contributed by atoms with Crippen molar-refractivity contribution in [3.63, 3.8) is 0 Å². The van der Waals surface area contributed by atoms with Gasteiger partial charge in [0, 0.05) is 31.2 Å². The van der Waals surface area contributed by atoms with Gasteiger partial charge in [0.2, 0.25) is 0 Å². The van der Waals surface area contributed by atoms with Gasteiger partial charge in [-0.05, 0) is 39.8 Å². The molecule has 0 atom stereocenters. The molecule has 100 valence electrons. The molecule has 0 aliphatic rings. The van der Waals surface area contributed by atoms with Crippen LogP contribution in [0.25, 0.3) is 5.70 Å². The summed E-state index contributed by atoms with van der Waals surface area (Å²) >= 11 is 0. The summed E-state index contributed by atoms with van der Waals surface area (Å²) in [6.45, 7) is 9.49. The van der Waals surface area contributed by atoms with Crippen molar-refractivity contribution < 1.29 is 0 Å². The Balaban J connectivity index is 2.65. The topological polar surface area (TPSA) is 37.0 Å². The van der Waals surface area contributed by atoms with Gasteiger partial charge >= 0.3 is 0 Å². The molecule has 0 aliphatic heterocycles. The molecular formula is C15H25N3. The highest BCUT2D eigenvalue weighted by atomic mass is 14.9. The van der Waals surface area contributed by atoms with Crippen LogP contribution in [0.1, 0.15) is 39.1 Å². The molecule has 3 heteroatoms. The first-order valence-corrected chi connectivity index (χ1v) is 6.51. The largest absolute Gasteiger partial charge is 0.387 e. The fourth-order valence-electron chi connectivity index (χ4n) is 1.75. The van der Waals surface area contributed by atoms with Crippen LogP contribution in [0.15, 0.2) is 24.3 Å². The molecular weight excluding hydrogens is 222 g/mol. The summed E-state index contributed by atoms with van der Waals surface area (Å²) in [6.07, 6.45) is 2.99. The first-order chi connectivity index (χ1) is 8.46. The second kappa shape index (κ2) is 6.55. The SMILES string of the molecule is C/C=C(\NC)c1cccc(CCNC(C)(C)C)n1. The van der Waals surface area contributed by atoms with Gasteiger partial charge in [0.25, 0.3) is 0 Å². The van der Waals surface area contributed by atoms with E-state index in [1.807, 2.05) is 26.1 Å². The lowest BCUT2D eigenvalue weighted by Crippen LogP contribution is -2.37. The summed E-state index contributed by atoms with van der Waals surface area (Å²) in [7, 11) is 1.92. The van der Waals surface area contributed by atoms with Crippen LogP contribution in [0.2, 0.25) is 0 Å². The highest BCUT2D eigenvalue weighted by Crippen LogP contribution is 2.09. The summed E-state index contributed by atoms with van der Waals surface area (Å²) in [4.78, 5) is 4.66. The van der Waals surface area contributed by atoms with Gasteiger partial charge in [-0.1, -0.05) is 12.1 Å². The quantitative estimate of drug-likeness (QED) is 0.840.